The topological polar surface area (TPSA) is 78.4 Å². The summed E-state index contributed by atoms with van der Waals surface area (Å²) < 4.78 is 0. The Labute approximate surface area is 117 Å². The summed E-state index contributed by atoms with van der Waals surface area (Å²) in [5.41, 5.74) is 0. The molecule has 0 spiro atoms. The van der Waals surface area contributed by atoms with Gasteiger partial charge in [-0.25, -0.2) is 4.79 Å². The molecule has 6 heteroatoms. The monoisotopic (exact) mass is 284 g/mol. The van der Waals surface area contributed by atoms with Gasteiger partial charge in [-0.3, -0.25) is 4.79 Å². The van der Waals surface area contributed by atoms with Gasteiger partial charge in [0, 0.05) is 17.8 Å². The molecule has 19 heavy (non-hydrogen) atoms. The summed E-state index contributed by atoms with van der Waals surface area (Å²) in [4.78, 5) is 23.4. The van der Waals surface area contributed by atoms with Crippen LogP contribution in [0.5, 0.6) is 0 Å². The van der Waals surface area contributed by atoms with Crippen molar-refractivity contribution in [2.45, 2.75) is 32.7 Å². The highest BCUT2D eigenvalue weighted by Gasteiger charge is 2.14. The first kappa shape index (κ1) is 15.5. The van der Waals surface area contributed by atoms with Crippen molar-refractivity contribution in [2.24, 2.45) is 5.92 Å². The Morgan fingerprint density at radius 2 is 2.21 bits per heavy atom. The van der Waals surface area contributed by atoms with E-state index in [1.54, 1.807) is 11.3 Å². The maximum Gasteiger partial charge on any atom is 0.315 e. The number of rotatable bonds is 7. The number of nitrogens with one attached hydrogen (secondary N) is 2. The summed E-state index contributed by atoms with van der Waals surface area (Å²) in [6.07, 6.45) is 0.810. The quantitative estimate of drug-likeness (QED) is 0.720. The summed E-state index contributed by atoms with van der Waals surface area (Å²) in [6, 6.07) is 3.61. The molecule has 2 atom stereocenters. The van der Waals surface area contributed by atoms with E-state index in [2.05, 4.69) is 10.6 Å². The van der Waals surface area contributed by atoms with Crippen LogP contribution in [-0.4, -0.2) is 23.7 Å². The van der Waals surface area contributed by atoms with Crippen molar-refractivity contribution in [3.63, 3.8) is 0 Å². The van der Waals surface area contributed by atoms with Crippen LogP contribution in [-0.2, 0) is 4.79 Å². The molecule has 0 bridgehead atoms. The number of carboxylic acid groups (broad SMARTS) is 1. The smallest absolute Gasteiger partial charge is 0.315 e. The molecule has 1 heterocycles. The summed E-state index contributed by atoms with van der Waals surface area (Å²) in [5.74, 6) is -0.860. The molecule has 1 aromatic rings. The van der Waals surface area contributed by atoms with Crippen LogP contribution in [0.3, 0.4) is 0 Å². The second-order valence-corrected chi connectivity index (χ2v) is 5.44. The van der Waals surface area contributed by atoms with E-state index < -0.39 is 5.97 Å². The number of carbonyl (C=O) groups excluding carboxylic acids is 1. The zero-order valence-electron chi connectivity index (χ0n) is 11.2. The molecule has 0 saturated carbocycles. The second-order valence-electron chi connectivity index (χ2n) is 4.46. The van der Waals surface area contributed by atoms with Gasteiger partial charge in [-0.05, 0) is 24.3 Å². The molecular formula is C13H20N2O3S. The minimum Gasteiger partial charge on any atom is -0.481 e. The SMILES string of the molecule is CCC(CNC(=O)NC(C)c1cccs1)CC(=O)O. The van der Waals surface area contributed by atoms with E-state index in [-0.39, 0.29) is 24.4 Å². The van der Waals surface area contributed by atoms with Gasteiger partial charge < -0.3 is 15.7 Å². The molecule has 0 aliphatic heterocycles. The van der Waals surface area contributed by atoms with Crippen molar-refractivity contribution in [2.75, 3.05) is 6.54 Å². The van der Waals surface area contributed by atoms with E-state index in [4.69, 9.17) is 5.11 Å². The fourth-order valence-electron chi connectivity index (χ4n) is 1.70. The lowest BCUT2D eigenvalue weighted by Gasteiger charge is -2.16. The molecule has 2 amide bonds. The van der Waals surface area contributed by atoms with Gasteiger partial charge in [0.2, 0.25) is 0 Å². The standard InChI is InChI=1S/C13H20N2O3S/c1-3-10(7-12(16)17)8-14-13(18)15-9(2)11-5-4-6-19-11/h4-6,9-10H,3,7-8H2,1-2H3,(H,16,17)(H2,14,15,18). The fraction of sp³-hybridized carbons (Fsp3) is 0.538. The average molecular weight is 284 g/mol. The zero-order valence-corrected chi connectivity index (χ0v) is 12.0. The number of amides is 2. The molecule has 0 aliphatic carbocycles. The number of urea groups is 1. The van der Waals surface area contributed by atoms with Crippen molar-refractivity contribution in [3.8, 4) is 0 Å². The Morgan fingerprint density at radius 3 is 2.74 bits per heavy atom. The third-order valence-corrected chi connectivity index (χ3v) is 3.96. The fourth-order valence-corrected chi connectivity index (χ4v) is 2.44. The average Bonchev–Trinajstić information content (AvgIpc) is 2.87. The lowest BCUT2D eigenvalue weighted by atomic mass is 10.0. The van der Waals surface area contributed by atoms with Gasteiger partial charge in [-0.15, -0.1) is 11.3 Å². The third-order valence-electron chi connectivity index (χ3n) is 2.91. The first-order chi connectivity index (χ1) is 9.02. The Bertz CT molecular complexity index is 406. The second kappa shape index (κ2) is 7.78. The van der Waals surface area contributed by atoms with Crippen LogP contribution in [0.1, 0.15) is 37.6 Å². The molecule has 0 aromatic carbocycles. The number of hydrogen-bond donors (Lipinski definition) is 3. The predicted molar refractivity (Wildman–Crippen MR) is 75.3 cm³/mol. The molecule has 0 radical (unpaired) electrons. The van der Waals surface area contributed by atoms with Crippen LogP contribution in [0.2, 0.25) is 0 Å². The highest BCUT2D eigenvalue weighted by molar-refractivity contribution is 7.10. The van der Waals surface area contributed by atoms with Crippen LogP contribution >= 0.6 is 11.3 Å². The molecule has 2 unspecified atom stereocenters. The number of carboxylic acids is 1. The van der Waals surface area contributed by atoms with Crippen molar-refractivity contribution in [3.05, 3.63) is 22.4 Å². The predicted octanol–water partition coefficient (Wildman–Crippen LogP) is 2.61. The minimum absolute atomic E-state index is 0.0275. The maximum absolute atomic E-state index is 11.7. The highest BCUT2D eigenvalue weighted by atomic mass is 32.1. The maximum atomic E-state index is 11.7. The van der Waals surface area contributed by atoms with Crippen molar-refractivity contribution in [1.82, 2.24) is 10.6 Å². The highest BCUT2D eigenvalue weighted by Crippen LogP contribution is 2.17. The van der Waals surface area contributed by atoms with Crippen molar-refractivity contribution < 1.29 is 14.7 Å². The molecule has 1 aromatic heterocycles. The van der Waals surface area contributed by atoms with E-state index in [9.17, 15) is 9.59 Å². The normalized spacial score (nSPS) is 13.6. The molecule has 0 aliphatic rings. The van der Waals surface area contributed by atoms with Crippen LogP contribution in [0.25, 0.3) is 0 Å². The first-order valence-electron chi connectivity index (χ1n) is 6.32. The Kier molecular flexibility index (Phi) is 6.35. The zero-order chi connectivity index (χ0) is 14.3. The molecule has 5 nitrogen and oxygen atoms in total. The van der Waals surface area contributed by atoms with E-state index in [0.29, 0.717) is 6.54 Å². The lowest BCUT2D eigenvalue weighted by Crippen LogP contribution is -2.39. The lowest BCUT2D eigenvalue weighted by molar-refractivity contribution is -0.138. The molecule has 3 N–H and O–H groups in total. The number of aliphatic carboxylic acids is 1. The summed E-state index contributed by atoms with van der Waals surface area (Å²) >= 11 is 1.59. The van der Waals surface area contributed by atoms with Crippen LogP contribution in [0.4, 0.5) is 4.79 Å². The van der Waals surface area contributed by atoms with Gasteiger partial charge in [0.15, 0.2) is 0 Å². The van der Waals surface area contributed by atoms with Crippen LogP contribution < -0.4 is 10.6 Å². The van der Waals surface area contributed by atoms with E-state index in [1.165, 1.54) is 0 Å². The number of carbonyl (C=O) groups is 2. The van der Waals surface area contributed by atoms with E-state index in [1.807, 2.05) is 31.4 Å². The molecular weight excluding hydrogens is 264 g/mol. The third kappa shape index (κ3) is 5.74. The van der Waals surface area contributed by atoms with Gasteiger partial charge in [-0.1, -0.05) is 19.4 Å². The van der Waals surface area contributed by atoms with Gasteiger partial charge >= 0.3 is 12.0 Å². The van der Waals surface area contributed by atoms with Crippen LogP contribution in [0.15, 0.2) is 17.5 Å². The number of hydrogen-bond acceptors (Lipinski definition) is 3. The molecule has 0 fully saturated rings. The van der Waals surface area contributed by atoms with E-state index >= 15 is 0 Å². The number of thiophene rings is 1. The molecule has 106 valence electrons. The van der Waals surface area contributed by atoms with Crippen molar-refractivity contribution in [1.29, 1.82) is 0 Å². The Morgan fingerprint density at radius 1 is 1.47 bits per heavy atom. The van der Waals surface area contributed by atoms with Gasteiger partial charge in [0.1, 0.15) is 0 Å². The van der Waals surface area contributed by atoms with Crippen molar-refractivity contribution >= 4 is 23.3 Å². The minimum atomic E-state index is -0.832. The van der Waals surface area contributed by atoms with Gasteiger partial charge in [0.05, 0.1) is 6.04 Å². The van der Waals surface area contributed by atoms with E-state index in [0.717, 1.165) is 11.3 Å². The summed E-state index contributed by atoms with van der Waals surface area (Å²) in [7, 11) is 0. The Hall–Kier alpha value is -1.56. The largest absolute Gasteiger partial charge is 0.481 e. The summed E-state index contributed by atoms with van der Waals surface area (Å²) in [6.45, 7) is 4.22. The van der Waals surface area contributed by atoms with Gasteiger partial charge in [0.25, 0.3) is 0 Å². The first-order valence-corrected chi connectivity index (χ1v) is 7.20. The summed E-state index contributed by atoms with van der Waals surface area (Å²) in [5, 5.41) is 16.2. The Balaban J connectivity index is 2.32. The molecule has 1 rings (SSSR count). The van der Waals surface area contributed by atoms with Gasteiger partial charge in [-0.2, -0.15) is 0 Å². The van der Waals surface area contributed by atoms with Crippen LogP contribution in [0, 0.1) is 5.92 Å². The molecule has 0 saturated heterocycles.